The van der Waals surface area contributed by atoms with Gasteiger partial charge >= 0.3 is 5.97 Å². The second kappa shape index (κ2) is 6.42. The van der Waals surface area contributed by atoms with Crippen molar-refractivity contribution in [3.8, 4) is 0 Å². The predicted molar refractivity (Wildman–Crippen MR) is 76.2 cm³/mol. The molecule has 0 heterocycles. The largest absolute Gasteiger partial charge is 0.480 e. The summed E-state index contributed by atoms with van der Waals surface area (Å²) in [5.74, 6) is -2.98. The standard InChI is InChI=1S/C16H19F2NO3/c1-10-5-7-16(8-6-10,15(21)22)19-14(20)9-11-12(17)3-2-4-13(11)18/h2-4,10H,5-9H2,1H3,(H,19,20)(H,21,22). The summed E-state index contributed by atoms with van der Waals surface area (Å²) in [7, 11) is 0. The molecule has 0 aromatic heterocycles. The lowest BCUT2D eigenvalue weighted by Gasteiger charge is -2.36. The Morgan fingerprint density at radius 3 is 2.32 bits per heavy atom. The summed E-state index contributed by atoms with van der Waals surface area (Å²) in [6, 6.07) is 3.36. The van der Waals surface area contributed by atoms with Crippen molar-refractivity contribution in [2.75, 3.05) is 0 Å². The molecule has 6 heteroatoms. The van der Waals surface area contributed by atoms with E-state index in [9.17, 15) is 23.5 Å². The third-order valence-electron chi connectivity index (χ3n) is 4.31. The van der Waals surface area contributed by atoms with Crippen molar-refractivity contribution in [2.45, 2.75) is 44.6 Å². The fourth-order valence-electron chi connectivity index (χ4n) is 2.82. The zero-order valence-electron chi connectivity index (χ0n) is 12.4. The lowest BCUT2D eigenvalue weighted by molar-refractivity contribution is -0.149. The SMILES string of the molecule is CC1CCC(NC(=O)Cc2c(F)cccc2F)(C(=O)O)CC1. The lowest BCUT2D eigenvalue weighted by Crippen LogP contribution is -2.56. The highest BCUT2D eigenvalue weighted by atomic mass is 19.1. The molecule has 0 unspecified atom stereocenters. The Hall–Kier alpha value is -1.98. The average Bonchev–Trinajstić information content (AvgIpc) is 2.45. The number of nitrogens with one attached hydrogen (secondary N) is 1. The monoisotopic (exact) mass is 311 g/mol. The molecule has 4 nitrogen and oxygen atoms in total. The zero-order valence-corrected chi connectivity index (χ0v) is 12.4. The number of carbonyl (C=O) groups excluding carboxylic acids is 1. The van der Waals surface area contributed by atoms with Crippen LogP contribution in [0.1, 0.15) is 38.2 Å². The minimum Gasteiger partial charge on any atom is -0.480 e. The first-order chi connectivity index (χ1) is 10.3. The first-order valence-corrected chi connectivity index (χ1v) is 7.31. The molecule has 1 aromatic rings. The number of rotatable bonds is 4. The van der Waals surface area contributed by atoms with Gasteiger partial charge in [0.05, 0.1) is 6.42 Å². The van der Waals surface area contributed by atoms with Crippen LogP contribution >= 0.6 is 0 Å². The fourth-order valence-corrected chi connectivity index (χ4v) is 2.82. The van der Waals surface area contributed by atoms with Gasteiger partial charge in [0.15, 0.2) is 0 Å². The van der Waals surface area contributed by atoms with Gasteiger partial charge in [-0.1, -0.05) is 13.0 Å². The van der Waals surface area contributed by atoms with Gasteiger partial charge in [0.2, 0.25) is 5.91 Å². The molecule has 1 aliphatic carbocycles. The van der Waals surface area contributed by atoms with Gasteiger partial charge < -0.3 is 10.4 Å². The van der Waals surface area contributed by atoms with E-state index < -0.39 is 35.5 Å². The van der Waals surface area contributed by atoms with Crippen molar-refractivity contribution >= 4 is 11.9 Å². The van der Waals surface area contributed by atoms with Crippen LogP contribution < -0.4 is 5.32 Å². The molecule has 0 atom stereocenters. The number of carboxylic acid groups (broad SMARTS) is 1. The molecular formula is C16H19F2NO3. The van der Waals surface area contributed by atoms with E-state index in [1.54, 1.807) is 0 Å². The summed E-state index contributed by atoms with van der Waals surface area (Å²) in [6.45, 7) is 2.03. The predicted octanol–water partition coefficient (Wildman–Crippen LogP) is 2.66. The van der Waals surface area contributed by atoms with Crippen LogP contribution in [0.4, 0.5) is 8.78 Å². The third-order valence-corrected chi connectivity index (χ3v) is 4.31. The summed E-state index contributed by atoms with van der Waals surface area (Å²) in [5.41, 5.74) is -1.67. The van der Waals surface area contributed by atoms with Crippen molar-refractivity contribution in [1.82, 2.24) is 5.32 Å². The molecule has 0 bridgehead atoms. The van der Waals surface area contributed by atoms with Crippen LogP contribution in [0.2, 0.25) is 0 Å². The van der Waals surface area contributed by atoms with Crippen LogP contribution in [-0.4, -0.2) is 22.5 Å². The molecule has 2 N–H and O–H groups in total. The molecule has 1 amide bonds. The molecule has 0 radical (unpaired) electrons. The Bertz CT molecular complexity index is 561. The maximum absolute atomic E-state index is 13.6. The van der Waals surface area contributed by atoms with E-state index in [1.807, 2.05) is 6.92 Å². The fraction of sp³-hybridized carbons (Fsp3) is 0.500. The maximum Gasteiger partial charge on any atom is 0.329 e. The summed E-state index contributed by atoms with van der Waals surface area (Å²) in [5, 5.41) is 11.9. The number of carboxylic acids is 1. The third kappa shape index (κ3) is 3.43. The Balaban J connectivity index is 2.11. The van der Waals surface area contributed by atoms with E-state index in [0.717, 1.165) is 12.1 Å². The number of hydrogen-bond donors (Lipinski definition) is 2. The first kappa shape index (κ1) is 16.4. The highest BCUT2D eigenvalue weighted by Crippen LogP contribution is 2.32. The van der Waals surface area contributed by atoms with Crippen LogP contribution in [0.25, 0.3) is 0 Å². The summed E-state index contributed by atoms with van der Waals surface area (Å²) < 4.78 is 27.1. The number of aliphatic carboxylic acids is 1. The van der Waals surface area contributed by atoms with Crippen molar-refractivity contribution in [3.63, 3.8) is 0 Å². The second-order valence-electron chi connectivity index (χ2n) is 5.99. The van der Waals surface area contributed by atoms with Gasteiger partial charge in [-0.2, -0.15) is 0 Å². The number of hydrogen-bond acceptors (Lipinski definition) is 2. The van der Waals surface area contributed by atoms with Crippen molar-refractivity contribution < 1.29 is 23.5 Å². The number of halogens is 2. The highest BCUT2D eigenvalue weighted by molar-refractivity contribution is 5.88. The Labute approximate surface area is 127 Å². The molecule has 2 rings (SSSR count). The molecular weight excluding hydrogens is 292 g/mol. The van der Waals surface area contributed by atoms with Gasteiger partial charge in [-0.3, -0.25) is 4.79 Å². The van der Waals surface area contributed by atoms with Crippen molar-refractivity contribution in [3.05, 3.63) is 35.4 Å². The second-order valence-corrected chi connectivity index (χ2v) is 5.99. The van der Waals surface area contributed by atoms with E-state index in [4.69, 9.17) is 0 Å². The highest BCUT2D eigenvalue weighted by Gasteiger charge is 2.42. The minimum absolute atomic E-state index is 0.328. The normalized spacial score (nSPS) is 24.8. The molecule has 0 aliphatic heterocycles. The lowest BCUT2D eigenvalue weighted by atomic mass is 9.77. The molecule has 22 heavy (non-hydrogen) atoms. The minimum atomic E-state index is -1.33. The van der Waals surface area contributed by atoms with Crippen LogP contribution in [-0.2, 0) is 16.0 Å². The van der Waals surface area contributed by atoms with Gasteiger partial charge in [-0.05, 0) is 43.7 Å². The van der Waals surface area contributed by atoms with E-state index in [-0.39, 0.29) is 5.56 Å². The molecule has 0 saturated heterocycles. The molecule has 1 saturated carbocycles. The van der Waals surface area contributed by atoms with Gasteiger partial charge in [0.25, 0.3) is 0 Å². The van der Waals surface area contributed by atoms with Crippen LogP contribution in [0, 0.1) is 17.6 Å². The average molecular weight is 311 g/mol. The molecule has 1 fully saturated rings. The van der Waals surface area contributed by atoms with E-state index in [2.05, 4.69) is 5.32 Å². The van der Waals surface area contributed by atoms with E-state index in [1.165, 1.54) is 6.07 Å². The van der Waals surface area contributed by atoms with Crippen molar-refractivity contribution in [1.29, 1.82) is 0 Å². The Morgan fingerprint density at radius 1 is 1.27 bits per heavy atom. The molecule has 0 spiro atoms. The van der Waals surface area contributed by atoms with E-state index >= 15 is 0 Å². The van der Waals surface area contributed by atoms with Crippen LogP contribution in [0.5, 0.6) is 0 Å². The van der Waals surface area contributed by atoms with Gasteiger partial charge in [-0.15, -0.1) is 0 Å². The molecule has 120 valence electrons. The smallest absolute Gasteiger partial charge is 0.329 e. The number of carbonyl (C=O) groups is 2. The molecule has 1 aromatic carbocycles. The summed E-state index contributed by atoms with van der Waals surface area (Å²) >= 11 is 0. The van der Waals surface area contributed by atoms with Crippen LogP contribution in [0.3, 0.4) is 0 Å². The molecule has 1 aliphatic rings. The quantitative estimate of drug-likeness (QED) is 0.898. The number of amides is 1. The zero-order chi connectivity index (χ0) is 16.3. The van der Waals surface area contributed by atoms with Gasteiger partial charge in [0.1, 0.15) is 17.2 Å². The number of benzene rings is 1. The summed E-state index contributed by atoms with van der Waals surface area (Å²) in [6.07, 6.45) is 1.54. The topological polar surface area (TPSA) is 66.4 Å². The Kier molecular flexibility index (Phi) is 4.78. The van der Waals surface area contributed by atoms with E-state index in [0.29, 0.717) is 31.6 Å². The summed E-state index contributed by atoms with van der Waals surface area (Å²) in [4.78, 5) is 23.6. The Morgan fingerprint density at radius 2 is 1.82 bits per heavy atom. The van der Waals surface area contributed by atoms with Crippen molar-refractivity contribution in [2.24, 2.45) is 5.92 Å². The first-order valence-electron chi connectivity index (χ1n) is 7.31. The van der Waals surface area contributed by atoms with Gasteiger partial charge in [-0.25, -0.2) is 13.6 Å². The van der Waals surface area contributed by atoms with Gasteiger partial charge in [0, 0.05) is 5.56 Å². The van der Waals surface area contributed by atoms with Crippen LogP contribution in [0.15, 0.2) is 18.2 Å². The maximum atomic E-state index is 13.6.